The summed E-state index contributed by atoms with van der Waals surface area (Å²) >= 11 is 6.11. The first-order valence-electron chi connectivity index (χ1n) is 7.19. The topological polar surface area (TPSA) is 77.7 Å². The Labute approximate surface area is 136 Å². The number of aromatic amines is 1. The molecule has 0 saturated heterocycles. The molecule has 23 heavy (non-hydrogen) atoms. The van der Waals surface area contributed by atoms with Crippen molar-refractivity contribution in [2.45, 2.75) is 13.1 Å². The van der Waals surface area contributed by atoms with Crippen LogP contribution < -0.4 is 0 Å². The Balaban J connectivity index is 1.64. The molecule has 0 aliphatic carbocycles. The average Bonchev–Trinajstić information content (AvgIpc) is 3.18. The van der Waals surface area contributed by atoms with Gasteiger partial charge in [0.15, 0.2) is 5.82 Å². The van der Waals surface area contributed by atoms with Crippen LogP contribution in [0.3, 0.4) is 0 Å². The fourth-order valence-electron chi connectivity index (χ4n) is 2.93. The number of nitrogens with one attached hydrogen (secondary N) is 1. The van der Waals surface area contributed by atoms with Crippen LogP contribution in [0, 0.1) is 11.3 Å². The number of amides is 1. The number of aromatic nitrogens is 3. The molecule has 1 aliphatic rings. The molecular formula is C16H12ClN5O. The second-order valence-electron chi connectivity index (χ2n) is 5.42. The maximum absolute atomic E-state index is 12.7. The van der Waals surface area contributed by atoms with Gasteiger partial charge >= 0.3 is 0 Å². The molecule has 0 saturated carbocycles. The molecule has 4 rings (SSSR count). The molecule has 1 N–H and O–H groups in total. The summed E-state index contributed by atoms with van der Waals surface area (Å²) in [7, 11) is 0. The van der Waals surface area contributed by atoms with E-state index in [1.165, 1.54) is 0 Å². The van der Waals surface area contributed by atoms with Gasteiger partial charge in [-0.2, -0.15) is 5.26 Å². The largest absolute Gasteiger partial charge is 0.334 e. The Morgan fingerprint density at radius 3 is 2.96 bits per heavy atom. The van der Waals surface area contributed by atoms with E-state index in [9.17, 15) is 4.79 Å². The lowest BCUT2D eigenvalue weighted by Crippen LogP contribution is -2.38. The first-order chi connectivity index (χ1) is 11.2. The van der Waals surface area contributed by atoms with Gasteiger partial charge in [-0.3, -0.25) is 4.79 Å². The Bertz CT molecular complexity index is 965. The number of hydrogen-bond acceptors (Lipinski definition) is 3. The zero-order chi connectivity index (χ0) is 16.0. The lowest BCUT2D eigenvalue weighted by Gasteiger charge is -2.28. The van der Waals surface area contributed by atoms with E-state index >= 15 is 0 Å². The summed E-state index contributed by atoms with van der Waals surface area (Å²) in [4.78, 5) is 21.8. The quantitative estimate of drug-likeness (QED) is 0.747. The van der Waals surface area contributed by atoms with Crippen molar-refractivity contribution >= 4 is 28.5 Å². The van der Waals surface area contributed by atoms with Gasteiger partial charge in [-0.05, 0) is 24.3 Å². The molecule has 0 atom stereocenters. The highest BCUT2D eigenvalue weighted by atomic mass is 35.5. The molecule has 2 aromatic heterocycles. The van der Waals surface area contributed by atoms with Crippen molar-refractivity contribution in [3.8, 4) is 6.07 Å². The molecule has 3 aromatic rings. The van der Waals surface area contributed by atoms with Crippen molar-refractivity contribution in [1.82, 2.24) is 19.4 Å². The SMILES string of the molecule is N#Cc1ccc2n1CCN(C(=O)c1nc3c(Cl)cccc3[nH]1)C2. The number of nitriles is 1. The van der Waals surface area contributed by atoms with Gasteiger partial charge in [0, 0.05) is 18.8 Å². The summed E-state index contributed by atoms with van der Waals surface area (Å²) < 4.78 is 1.94. The van der Waals surface area contributed by atoms with Crippen LogP contribution in [-0.2, 0) is 13.1 Å². The fraction of sp³-hybridized carbons (Fsp3) is 0.188. The normalized spacial score (nSPS) is 13.8. The van der Waals surface area contributed by atoms with E-state index in [0.717, 1.165) is 11.2 Å². The molecule has 114 valence electrons. The van der Waals surface area contributed by atoms with Gasteiger partial charge < -0.3 is 14.5 Å². The molecule has 1 amide bonds. The molecule has 1 aliphatic heterocycles. The minimum Gasteiger partial charge on any atom is -0.334 e. The zero-order valence-corrected chi connectivity index (χ0v) is 12.8. The second kappa shape index (κ2) is 5.14. The fourth-order valence-corrected chi connectivity index (χ4v) is 3.14. The predicted molar refractivity (Wildman–Crippen MR) is 85.0 cm³/mol. The summed E-state index contributed by atoms with van der Waals surface area (Å²) in [6, 6.07) is 11.2. The molecule has 0 radical (unpaired) electrons. The number of carbonyl (C=O) groups excluding carboxylic acids is 1. The van der Waals surface area contributed by atoms with E-state index in [2.05, 4.69) is 16.0 Å². The van der Waals surface area contributed by atoms with E-state index in [1.54, 1.807) is 17.0 Å². The van der Waals surface area contributed by atoms with Gasteiger partial charge in [-0.25, -0.2) is 4.98 Å². The Hall–Kier alpha value is -2.78. The maximum atomic E-state index is 12.7. The summed E-state index contributed by atoms with van der Waals surface area (Å²) in [5, 5.41) is 9.58. The van der Waals surface area contributed by atoms with Crippen LogP contribution in [0.5, 0.6) is 0 Å². The number of benzene rings is 1. The number of fused-ring (bicyclic) bond motifs is 2. The number of halogens is 1. The minimum absolute atomic E-state index is 0.164. The number of para-hydroxylation sites is 1. The van der Waals surface area contributed by atoms with Crippen LogP contribution >= 0.6 is 11.6 Å². The first kappa shape index (κ1) is 13.9. The van der Waals surface area contributed by atoms with Gasteiger partial charge in [0.25, 0.3) is 5.91 Å². The molecule has 7 heteroatoms. The van der Waals surface area contributed by atoms with E-state index in [0.29, 0.717) is 35.9 Å². The van der Waals surface area contributed by atoms with Crippen molar-refractivity contribution in [2.75, 3.05) is 6.54 Å². The highest BCUT2D eigenvalue weighted by Crippen LogP contribution is 2.23. The number of rotatable bonds is 1. The Morgan fingerprint density at radius 2 is 2.17 bits per heavy atom. The van der Waals surface area contributed by atoms with E-state index in [1.807, 2.05) is 22.8 Å². The summed E-state index contributed by atoms with van der Waals surface area (Å²) in [6.07, 6.45) is 0. The molecule has 1 aromatic carbocycles. The number of nitrogens with zero attached hydrogens (tertiary/aromatic N) is 4. The maximum Gasteiger partial charge on any atom is 0.290 e. The third-order valence-electron chi connectivity index (χ3n) is 4.09. The summed E-state index contributed by atoms with van der Waals surface area (Å²) in [5.41, 5.74) is 2.93. The molecular weight excluding hydrogens is 314 g/mol. The van der Waals surface area contributed by atoms with Crippen LogP contribution in [0.4, 0.5) is 0 Å². The third-order valence-corrected chi connectivity index (χ3v) is 4.39. The van der Waals surface area contributed by atoms with E-state index < -0.39 is 0 Å². The van der Waals surface area contributed by atoms with Crippen molar-refractivity contribution in [3.05, 3.63) is 52.6 Å². The summed E-state index contributed by atoms with van der Waals surface area (Å²) in [6.45, 7) is 1.61. The van der Waals surface area contributed by atoms with E-state index in [-0.39, 0.29) is 11.7 Å². The Morgan fingerprint density at radius 1 is 1.30 bits per heavy atom. The molecule has 0 fully saturated rings. The average molecular weight is 326 g/mol. The van der Waals surface area contributed by atoms with Crippen LogP contribution in [0.2, 0.25) is 5.02 Å². The van der Waals surface area contributed by atoms with Crippen LogP contribution in [-0.4, -0.2) is 31.9 Å². The smallest absolute Gasteiger partial charge is 0.290 e. The lowest BCUT2D eigenvalue weighted by atomic mass is 10.3. The highest BCUT2D eigenvalue weighted by Gasteiger charge is 2.25. The summed E-state index contributed by atoms with van der Waals surface area (Å²) in [5.74, 6) is 0.122. The van der Waals surface area contributed by atoms with Gasteiger partial charge in [0.05, 0.1) is 17.1 Å². The van der Waals surface area contributed by atoms with Crippen molar-refractivity contribution in [3.63, 3.8) is 0 Å². The molecule has 6 nitrogen and oxygen atoms in total. The Kier molecular flexibility index (Phi) is 3.10. The molecule has 0 unspecified atom stereocenters. The number of hydrogen-bond donors (Lipinski definition) is 1. The number of carbonyl (C=O) groups is 1. The lowest BCUT2D eigenvalue weighted by molar-refractivity contribution is 0.0700. The van der Waals surface area contributed by atoms with Gasteiger partial charge in [-0.1, -0.05) is 17.7 Å². The first-order valence-corrected chi connectivity index (χ1v) is 7.57. The van der Waals surface area contributed by atoms with Crippen molar-refractivity contribution < 1.29 is 4.79 Å². The monoisotopic (exact) mass is 325 g/mol. The molecule has 3 heterocycles. The molecule has 0 bridgehead atoms. The van der Waals surface area contributed by atoms with Crippen LogP contribution in [0.25, 0.3) is 11.0 Å². The number of H-pyrrole nitrogens is 1. The van der Waals surface area contributed by atoms with Crippen molar-refractivity contribution in [1.29, 1.82) is 5.26 Å². The van der Waals surface area contributed by atoms with E-state index in [4.69, 9.17) is 16.9 Å². The standard InChI is InChI=1S/C16H12ClN5O/c17-12-2-1-3-13-14(12)20-15(19-13)16(23)21-6-7-22-10(8-18)4-5-11(22)9-21/h1-5H,6-7,9H2,(H,19,20). The van der Waals surface area contributed by atoms with Gasteiger partial charge in [-0.15, -0.1) is 0 Å². The minimum atomic E-state index is -0.164. The van der Waals surface area contributed by atoms with Crippen LogP contribution in [0.1, 0.15) is 22.0 Å². The highest BCUT2D eigenvalue weighted by molar-refractivity contribution is 6.35. The van der Waals surface area contributed by atoms with Gasteiger partial charge in [0.1, 0.15) is 17.3 Å². The van der Waals surface area contributed by atoms with Crippen molar-refractivity contribution in [2.24, 2.45) is 0 Å². The predicted octanol–water partition coefficient (Wildman–Crippen LogP) is 2.55. The zero-order valence-electron chi connectivity index (χ0n) is 12.1. The third kappa shape index (κ3) is 2.17. The molecule has 0 spiro atoms. The van der Waals surface area contributed by atoms with Gasteiger partial charge in [0.2, 0.25) is 0 Å². The number of imidazole rings is 1. The second-order valence-corrected chi connectivity index (χ2v) is 5.83. The van der Waals surface area contributed by atoms with Crippen LogP contribution in [0.15, 0.2) is 30.3 Å².